The number of nitrogens with one attached hydrogen (secondary N) is 1. The molecule has 0 heterocycles. The van der Waals surface area contributed by atoms with Crippen molar-refractivity contribution < 1.29 is 18.6 Å². The highest BCUT2D eigenvalue weighted by molar-refractivity contribution is 5.29. The summed E-state index contributed by atoms with van der Waals surface area (Å²) in [6.45, 7) is 3.02. The number of ether oxygens (including phenoxy) is 3. The zero-order chi connectivity index (χ0) is 14.9. The first-order valence-corrected chi connectivity index (χ1v) is 7.50. The van der Waals surface area contributed by atoms with E-state index in [-0.39, 0.29) is 5.82 Å². The summed E-state index contributed by atoms with van der Waals surface area (Å²) in [7, 11) is 1.64. The van der Waals surface area contributed by atoms with Gasteiger partial charge in [0.2, 0.25) is 0 Å². The first-order valence-electron chi connectivity index (χ1n) is 7.50. The summed E-state index contributed by atoms with van der Waals surface area (Å²) in [6, 6.07) is 5.48. The lowest BCUT2D eigenvalue weighted by molar-refractivity contribution is 0.0644. The SMILES string of the molecule is COCCOCCCOc1cc(F)cc(CNC2CC2)c1. The Morgan fingerprint density at radius 2 is 2.00 bits per heavy atom. The van der Waals surface area contributed by atoms with E-state index in [1.807, 2.05) is 6.07 Å². The van der Waals surface area contributed by atoms with Crippen molar-refractivity contribution in [1.82, 2.24) is 5.32 Å². The minimum Gasteiger partial charge on any atom is -0.493 e. The number of halogens is 1. The summed E-state index contributed by atoms with van der Waals surface area (Å²) in [5.74, 6) is 0.330. The summed E-state index contributed by atoms with van der Waals surface area (Å²) in [4.78, 5) is 0. The maximum absolute atomic E-state index is 13.5. The lowest BCUT2D eigenvalue weighted by Gasteiger charge is -2.09. The molecule has 21 heavy (non-hydrogen) atoms. The molecule has 5 heteroatoms. The summed E-state index contributed by atoms with van der Waals surface area (Å²) in [5, 5.41) is 3.37. The number of benzene rings is 1. The van der Waals surface area contributed by atoms with Crippen LogP contribution in [0.4, 0.5) is 4.39 Å². The highest BCUT2D eigenvalue weighted by Gasteiger charge is 2.20. The van der Waals surface area contributed by atoms with Gasteiger partial charge in [0, 0.05) is 38.8 Å². The molecule has 1 aliphatic rings. The van der Waals surface area contributed by atoms with Crippen LogP contribution in [0.1, 0.15) is 24.8 Å². The van der Waals surface area contributed by atoms with E-state index in [9.17, 15) is 4.39 Å². The smallest absolute Gasteiger partial charge is 0.127 e. The third kappa shape index (κ3) is 6.89. The fourth-order valence-electron chi connectivity index (χ4n) is 1.95. The minimum absolute atomic E-state index is 0.253. The van der Waals surface area contributed by atoms with Crippen molar-refractivity contribution in [2.24, 2.45) is 0 Å². The molecule has 0 bridgehead atoms. The molecule has 1 N–H and O–H groups in total. The fraction of sp³-hybridized carbons (Fsp3) is 0.625. The monoisotopic (exact) mass is 297 g/mol. The van der Waals surface area contributed by atoms with Crippen LogP contribution in [0.5, 0.6) is 5.75 Å². The maximum atomic E-state index is 13.5. The molecule has 0 radical (unpaired) electrons. The second-order valence-corrected chi connectivity index (χ2v) is 5.26. The molecule has 0 aromatic heterocycles. The van der Waals surface area contributed by atoms with Gasteiger partial charge in [-0.25, -0.2) is 4.39 Å². The lowest BCUT2D eigenvalue weighted by Crippen LogP contribution is -2.15. The Hall–Kier alpha value is -1.17. The van der Waals surface area contributed by atoms with E-state index in [2.05, 4.69) is 5.32 Å². The summed E-state index contributed by atoms with van der Waals surface area (Å²) in [5.41, 5.74) is 0.924. The number of rotatable bonds is 11. The predicted octanol–water partition coefficient (Wildman–Crippen LogP) is 2.51. The van der Waals surface area contributed by atoms with E-state index in [0.717, 1.165) is 12.0 Å². The normalized spacial score (nSPS) is 14.4. The first-order chi connectivity index (χ1) is 10.3. The molecule has 1 saturated carbocycles. The van der Waals surface area contributed by atoms with Crippen molar-refractivity contribution in [2.45, 2.75) is 31.8 Å². The summed E-state index contributed by atoms with van der Waals surface area (Å²) < 4.78 is 29.3. The molecular weight excluding hydrogens is 273 g/mol. The molecule has 2 rings (SSSR count). The molecule has 0 aliphatic heterocycles. The summed E-state index contributed by atoms with van der Waals surface area (Å²) in [6.07, 6.45) is 3.22. The molecule has 4 nitrogen and oxygen atoms in total. The highest BCUT2D eigenvalue weighted by Crippen LogP contribution is 2.21. The molecular formula is C16H24FNO3. The zero-order valence-corrected chi connectivity index (χ0v) is 12.6. The molecule has 0 amide bonds. The van der Waals surface area contributed by atoms with Crippen LogP contribution in [0.15, 0.2) is 18.2 Å². The van der Waals surface area contributed by atoms with E-state index >= 15 is 0 Å². The van der Waals surface area contributed by atoms with Gasteiger partial charge in [-0.05, 0) is 30.5 Å². The fourth-order valence-corrected chi connectivity index (χ4v) is 1.95. The molecule has 1 aromatic carbocycles. The van der Waals surface area contributed by atoms with Crippen LogP contribution < -0.4 is 10.1 Å². The second kappa shape index (κ2) is 8.97. The van der Waals surface area contributed by atoms with Crippen LogP contribution in [0, 0.1) is 5.82 Å². The van der Waals surface area contributed by atoms with Gasteiger partial charge in [-0.15, -0.1) is 0 Å². The van der Waals surface area contributed by atoms with Gasteiger partial charge in [-0.2, -0.15) is 0 Å². The average Bonchev–Trinajstić information content (AvgIpc) is 3.28. The van der Waals surface area contributed by atoms with Crippen LogP contribution in [0.3, 0.4) is 0 Å². The van der Waals surface area contributed by atoms with Crippen molar-refractivity contribution in [1.29, 1.82) is 0 Å². The Bertz CT molecular complexity index is 424. The Labute approximate surface area is 125 Å². The summed E-state index contributed by atoms with van der Waals surface area (Å²) >= 11 is 0. The zero-order valence-electron chi connectivity index (χ0n) is 12.6. The standard InChI is InChI=1S/C16H24FNO3/c1-19-7-8-20-5-2-6-21-16-10-13(9-14(17)11-16)12-18-15-3-4-15/h9-11,15,18H,2-8,12H2,1H3. The van der Waals surface area contributed by atoms with Crippen molar-refractivity contribution >= 4 is 0 Å². The van der Waals surface area contributed by atoms with Crippen molar-refractivity contribution in [3.05, 3.63) is 29.6 Å². The van der Waals surface area contributed by atoms with Gasteiger partial charge >= 0.3 is 0 Å². The molecule has 1 fully saturated rings. The van der Waals surface area contributed by atoms with Crippen LogP contribution in [-0.2, 0) is 16.0 Å². The Morgan fingerprint density at radius 1 is 1.14 bits per heavy atom. The Kier molecular flexibility index (Phi) is 6.92. The number of hydrogen-bond acceptors (Lipinski definition) is 4. The van der Waals surface area contributed by atoms with Crippen molar-refractivity contribution in [2.75, 3.05) is 33.5 Å². The first kappa shape index (κ1) is 16.2. The van der Waals surface area contributed by atoms with Gasteiger partial charge in [0.15, 0.2) is 0 Å². The van der Waals surface area contributed by atoms with Crippen molar-refractivity contribution in [3.63, 3.8) is 0 Å². The minimum atomic E-state index is -0.253. The molecule has 0 atom stereocenters. The van der Waals surface area contributed by atoms with E-state index in [1.54, 1.807) is 13.2 Å². The van der Waals surface area contributed by atoms with Crippen LogP contribution in [-0.4, -0.2) is 39.6 Å². The number of methoxy groups -OCH3 is 1. The molecule has 0 spiro atoms. The third-order valence-corrected chi connectivity index (χ3v) is 3.24. The van der Waals surface area contributed by atoms with E-state index in [1.165, 1.54) is 18.9 Å². The van der Waals surface area contributed by atoms with E-state index in [4.69, 9.17) is 14.2 Å². The molecule has 0 unspecified atom stereocenters. The van der Waals surface area contributed by atoms with Gasteiger partial charge in [0.25, 0.3) is 0 Å². The molecule has 1 aliphatic carbocycles. The molecule has 0 saturated heterocycles. The average molecular weight is 297 g/mol. The topological polar surface area (TPSA) is 39.7 Å². The quantitative estimate of drug-likeness (QED) is 0.637. The van der Waals surface area contributed by atoms with E-state index in [0.29, 0.717) is 44.8 Å². The Balaban J connectivity index is 1.66. The largest absolute Gasteiger partial charge is 0.493 e. The van der Waals surface area contributed by atoms with Gasteiger partial charge < -0.3 is 19.5 Å². The third-order valence-electron chi connectivity index (χ3n) is 3.24. The van der Waals surface area contributed by atoms with Crippen LogP contribution >= 0.6 is 0 Å². The van der Waals surface area contributed by atoms with Crippen LogP contribution in [0.25, 0.3) is 0 Å². The van der Waals surface area contributed by atoms with Gasteiger partial charge in [-0.3, -0.25) is 0 Å². The highest BCUT2D eigenvalue weighted by atomic mass is 19.1. The lowest BCUT2D eigenvalue weighted by atomic mass is 10.2. The van der Waals surface area contributed by atoms with E-state index < -0.39 is 0 Å². The maximum Gasteiger partial charge on any atom is 0.127 e. The molecule has 118 valence electrons. The van der Waals surface area contributed by atoms with Gasteiger partial charge in [0.1, 0.15) is 11.6 Å². The van der Waals surface area contributed by atoms with Gasteiger partial charge in [-0.1, -0.05) is 0 Å². The second-order valence-electron chi connectivity index (χ2n) is 5.26. The van der Waals surface area contributed by atoms with Gasteiger partial charge in [0.05, 0.1) is 19.8 Å². The predicted molar refractivity (Wildman–Crippen MR) is 79.1 cm³/mol. The molecule has 1 aromatic rings. The van der Waals surface area contributed by atoms with Crippen LogP contribution in [0.2, 0.25) is 0 Å². The Morgan fingerprint density at radius 3 is 2.76 bits per heavy atom. The number of hydrogen-bond donors (Lipinski definition) is 1. The van der Waals surface area contributed by atoms with Crippen molar-refractivity contribution in [3.8, 4) is 5.75 Å².